The fourth-order valence-corrected chi connectivity index (χ4v) is 6.90. The Kier molecular flexibility index (Phi) is 5.24. The minimum absolute atomic E-state index is 0.120. The van der Waals surface area contributed by atoms with Crippen molar-refractivity contribution in [3.05, 3.63) is 163 Å². The van der Waals surface area contributed by atoms with Gasteiger partial charge in [0.05, 0.1) is 5.48 Å². The number of benzene rings is 6. The molecule has 0 unspecified atom stereocenters. The van der Waals surface area contributed by atoms with E-state index in [1.54, 1.807) is 30.3 Å². The van der Waals surface area contributed by atoms with Crippen LogP contribution in [0, 0.1) is 0 Å². The Morgan fingerprint density at radius 2 is 1.00 bits per heavy atom. The Morgan fingerprint density at radius 3 is 1.69 bits per heavy atom. The topological polar surface area (TPSA) is 38.7 Å². The van der Waals surface area contributed by atoms with E-state index in [1.165, 1.54) is 0 Å². The first kappa shape index (κ1) is 21.3. The second kappa shape index (κ2) is 11.8. The lowest BCUT2D eigenvalue weighted by Crippen LogP contribution is -2.28. The summed E-state index contributed by atoms with van der Waals surface area (Å²) >= 11 is 0. The molecular formula is C45H35N3. The molecule has 1 spiro atoms. The number of hydrogen-bond donors (Lipinski definition) is 0. The minimum Gasteiger partial charge on any atom is -0.208 e. The maximum Gasteiger partial charge on any atom is 0.164 e. The normalized spacial score (nSPS) is 18.9. The highest BCUT2D eigenvalue weighted by Gasteiger charge is 2.43. The van der Waals surface area contributed by atoms with Gasteiger partial charge in [0.2, 0.25) is 0 Å². The summed E-state index contributed by atoms with van der Waals surface area (Å²) in [5, 5.41) is 0. The van der Waals surface area contributed by atoms with Gasteiger partial charge < -0.3 is 0 Å². The Balaban J connectivity index is 1.21. The first-order valence-corrected chi connectivity index (χ1v) is 16.3. The van der Waals surface area contributed by atoms with Crippen LogP contribution < -0.4 is 0 Å². The van der Waals surface area contributed by atoms with E-state index < -0.39 is 18.2 Å². The van der Waals surface area contributed by atoms with E-state index in [0.717, 1.165) is 22.3 Å². The molecule has 1 heterocycles. The van der Waals surface area contributed by atoms with E-state index >= 15 is 0 Å². The van der Waals surface area contributed by atoms with Crippen molar-refractivity contribution in [2.45, 2.75) is 37.4 Å². The summed E-state index contributed by atoms with van der Waals surface area (Å²) < 4.78 is 74.1. The SMILES string of the molecule is [2H]c1c([2H])c(-c2cccc(-c3nc(-c4ccccc4)nc(-c4ccccc4)n3)c2)c([2H])c(-c2ccc3c(c2)C2(c4ccccc4-3)C([2H])([2H])CCCC2([2H])[2H])c1[2H]. The van der Waals surface area contributed by atoms with Crippen LogP contribution in [0.2, 0.25) is 0 Å². The Morgan fingerprint density at radius 1 is 0.458 bits per heavy atom. The molecule has 1 saturated carbocycles. The quantitative estimate of drug-likeness (QED) is 0.191. The largest absolute Gasteiger partial charge is 0.208 e. The molecule has 0 saturated heterocycles. The highest BCUT2D eigenvalue weighted by molar-refractivity contribution is 5.85. The molecule has 0 aliphatic heterocycles. The molecule has 2 aliphatic rings. The summed E-state index contributed by atoms with van der Waals surface area (Å²) in [6.45, 7) is 0. The highest BCUT2D eigenvalue weighted by atomic mass is 15.0. The molecule has 0 radical (unpaired) electrons. The van der Waals surface area contributed by atoms with Crippen molar-refractivity contribution in [2.75, 3.05) is 0 Å². The molecule has 9 rings (SSSR count). The highest BCUT2D eigenvalue weighted by Crippen LogP contribution is 2.56. The first-order valence-electron chi connectivity index (χ1n) is 20.3. The summed E-state index contributed by atoms with van der Waals surface area (Å²) in [7, 11) is 0. The van der Waals surface area contributed by atoms with Gasteiger partial charge in [-0.15, -0.1) is 0 Å². The first-order chi connectivity index (χ1) is 26.9. The predicted octanol–water partition coefficient (Wildman–Crippen LogP) is 11.4. The van der Waals surface area contributed by atoms with Crippen LogP contribution in [0.15, 0.2) is 152 Å². The lowest BCUT2D eigenvalue weighted by Gasteiger charge is -2.36. The van der Waals surface area contributed by atoms with Crippen LogP contribution in [-0.4, -0.2) is 15.0 Å². The summed E-state index contributed by atoms with van der Waals surface area (Å²) in [6.07, 6.45) is -3.09. The molecule has 0 bridgehead atoms. The fraction of sp³-hybridized carbons (Fsp3) is 0.133. The Hall–Kier alpha value is -5.67. The van der Waals surface area contributed by atoms with Crippen molar-refractivity contribution in [2.24, 2.45) is 0 Å². The molecule has 3 heteroatoms. The smallest absolute Gasteiger partial charge is 0.164 e. The number of rotatable bonds is 5. The zero-order valence-corrected chi connectivity index (χ0v) is 26.1. The molecule has 2 aliphatic carbocycles. The van der Waals surface area contributed by atoms with Gasteiger partial charge in [-0.3, -0.25) is 0 Å². The van der Waals surface area contributed by atoms with Crippen LogP contribution >= 0.6 is 0 Å². The van der Waals surface area contributed by atoms with Crippen LogP contribution in [0.4, 0.5) is 0 Å². The van der Waals surface area contributed by atoms with Gasteiger partial charge in [-0.05, 0) is 75.4 Å². The second-order valence-electron chi connectivity index (χ2n) is 12.1. The van der Waals surface area contributed by atoms with Crippen molar-refractivity contribution in [1.29, 1.82) is 0 Å². The molecule has 6 aromatic carbocycles. The van der Waals surface area contributed by atoms with E-state index in [9.17, 15) is 6.85 Å². The van der Waals surface area contributed by atoms with Crippen LogP contribution in [0.3, 0.4) is 0 Å². The molecule has 7 aromatic rings. The Bertz CT molecular complexity index is 2610. The summed E-state index contributed by atoms with van der Waals surface area (Å²) in [4.78, 5) is 14.5. The summed E-state index contributed by atoms with van der Waals surface area (Å²) in [5.74, 6) is 1.36. The minimum atomic E-state index is -1.94. The number of nitrogens with zero attached hydrogens (tertiary/aromatic N) is 3. The van der Waals surface area contributed by atoms with Crippen molar-refractivity contribution in [3.8, 4) is 67.5 Å². The Labute approximate surface area is 293 Å². The third-order valence-electron chi connectivity index (χ3n) is 9.20. The molecule has 1 fully saturated rings. The van der Waals surface area contributed by atoms with Gasteiger partial charge in [0.15, 0.2) is 17.5 Å². The van der Waals surface area contributed by atoms with E-state index in [2.05, 4.69) is 0 Å². The van der Waals surface area contributed by atoms with Crippen molar-refractivity contribution >= 4 is 0 Å². The predicted molar refractivity (Wildman–Crippen MR) is 196 cm³/mol. The number of fused-ring (bicyclic) bond motifs is 5. The van der Waals surface area contributed by atoms with Crippen LogP contribution in [0.5, 0.6) is 0 Å². The van der Waals surface area contributed by atoms with Gasteiger partial charge in [-0.1, -0.05) is 153 Å². The maximum absolute atomic E-state index is 9.57. The van der Waals surface area contributed by atoms with E-state index in [0.29, 0.717) is 51.7 Å². The van der Waals surface area contributed by atoms with Gasteiger partial charge in [-0.25, -0.2) is 15.0 Å². The number of aromatic nitrogens is 3. The van der Waals surface area contributed by atoms with Crippen LogP contribution in [0.25, 0.3) is 67.5 Å². The third-order valence-corrected chi connectivity index (χ3v) is 9.20. The summed E-state index contributed by atoms with van der Waals surface area (Å²) in [5.41, 5.74) is 4.33. The third kappa shape index (κ3) is 4.94. The fourth-order valence-electron chi connectivity index (χ4n) is 6.90. The maximum atomic E-state index is 9.57. The molecule has 48 heavy (non-hydrogen) atoms. The lowest BCUT2D eigenvalue weighted by atomic mass is 9.67. The van der Waals surface area contributed by atoms with Gasteiger partial charge in [-0.2, -0.15) is 0 Å². The standard InChI is InChI=1S/C45H35N3/c1-4-14-31(15-5-1)42-46-43(32-16-6-2-7-17-32)48-44(47-42)37-21-13-20-35(29-37)33-18-12-19-34(28-33)36-24-25-39-38-22-8-9-23-40(38)45(41(39)30-36)26-10-3-11-27-45/h1-2,4-9,12-25,28-30H,3,10-11,26-27H2/i12D,18D,19D,26D2,27D2,28D. The zero-order valence-electron chi connectivity index (χ0n) is 34.1. The molecule has 230 valence electrons. The number of hydrogen-bond acceptors (Lipinski definition) is 3. The van der Waals surface area contributed by atoms with Gasteiger partial charge in [0.1, 0.15) is 0 Å². The second-order valence-corrected chi connectivity index (χ2v) is 12.1. The van der Waals surface area contributed by atoms with Crippen molar-refractivity contribution in [3.63, 3.8) is 0 Å². The average Bonchev–Trinajstić information content (AvgIpc) is 3.52. The van der Waals surface area contributed by atoms with Gasteiger partial charge in [0, 0.05) is 27.6 Å². The van der Waals surface area contributed by atoms with Crippen LogP contribution in [0.1, 0.15) is 54.1 Å². The zero-order chi connectivity index (χ0) is 39.0. The molecule has 0 N–H and O–H groups in total. The van der Waals surface area contributed by atoms with E-state index in [4.69, 9.17) is 19.1 Å². The summed E-state index contributed by atoms with van der Waals surface area (Å²) in [6, 6.07) is 38.1. The van der Waals surface area contributed by atoms with Gasteiger partial charge >= 0.3 is 0 Å². The van der Waals surface area contributed by atoms with Crippen molar-refractivity contribution < 1.29 is 11.0 Å². The van der Waals surface area contributed by atoms with Crippen molar-refractivity contribution in [1.82, 2.24) is 15.0 Å². The average molecular weight is 626 g/mol. The molecule has 0 atom stereocenters. The molecule has 0 amide bonds. The molecule has 3 nitrogen and oxygen atoms in total. The monoisotopic (exact) mass is 625 g/mol. The van der Waals surface area contributed by atoms with Gasteiger partial charge in [0.25, 0.3) is 0 Å². The lowest BCUT2D eigenvalue weighted by molar-refractivity contribution is 0.353. The molecule has 1 aromatic heterocycles. The van der Waals surface area contributed by atoms with Crippen LogP contribution in [-0.2, 0) is 5.41 Å². The van der Waals surface area contributed by atoms with E-state index in [-0.39, 0.29) is 48.1 Å². The van der Waals surface area contributed by atoms with E-state index in [1.807, 2.05) is 97.1 Å². The molecular weight excluding hydrogens is 583 g/mol.